The molecule has 3 aromatic rings. The van der Waals surface area contributed by atoms with Crippen LogP contribution in [0.2, 0.25) is 10.0 Å². The summed E-state index contributed by atoms with van der Waals surface area (Å²) in [5.74, 6) is -0.442. The maximum atomic E-state index is 13.9. The minimum absolute atomic E-state index is 0.0399. The first-order chi connectivity index (χ1) is 11.5. The summed E-state index contributed by atoms with van der Waals surface area (Å²) in [5.41, 5.74) is 0.974. The molecule has 0 radical (unpaired) electrons. The van der Waals surface area contributed by atoms with Crippen LogP contribution in [0.5, 0.6) is 0 Å². The Morgan fingerprint density at radius 3 is 2.62 bits per heavy atom. The molecule has 3 rings (SSSR count). The monoisotopic (exact) mass is 366 g/mol. The van der Waals surface area contributed by atoms with Gasteiger partial charge in [0.1, 0.15) is 11.6 Å². The van der Waals surface area contributed by atoms with Crippen molar-refractivity contribution in [3.05, 3.63) is 81.0 Å². The summed E-state index contributed by atoms with van der Waals surface area (Å²) in [6, 6.07) is 8.75. The van der Waals surface area contributed by atoms with E-state index >= 15 is 0 Å². The van der Waals surface area contributed by atoms with Crippen LogP contribution < -0.4 is 0 Å². The van der Waals surface area contributed by atoms with Gasteiger partial charge in [0.15, 0.2) is 0 Å². The van der Waals surface area contributed by atoms with Gasteiger partial charge in [0.2, 0.25) is 11.8 Å². The molecule has 0 N–H and O–H groups in total. The summed E-state index contributed by atoms with van der Waals surface area (Å²) in [6.07, 6.45) is 3.30. The molecule has 2 aromatic carbocycles. The average molecular weight is 367 g/mol. The Labute approximate surface area is 146 Å². The maximum absolute atomic E-state index is 13.9. The molecule has 0 unspecified atom stereocenters. The van der Waals surface area contributed by atoms with Crippen molar-refractivity contribution in [1.29, 1.82) is 0 Å². The van der Waals surface area contributed by atoms with Crippen molar-refractivity contribution in [2.24, 2.45) is 0 Å². The van der Waals surface area contributed by atoms with Gasteiger partial charge in [-0.25, -0.2) is 8.78 Å². The number of hydrogen-bond acceptors (Lipinski definition) is 3. The van der Waals surface area contributed by atoms with Crippen LogP contribution in [0.15, 0.2) is 40.8 Å². The number of nitrogens with zero attached hydrogens (tertiary/aromatic N) is 2. The normalized spacial score (nSPS) is 11.3. The highest BCUT2D eigenvalue weighted by molar-refractivity contribution is 6.32. The Morgan fingerprint density at radius 1 is 1.00 bits per heavy atom. The van der Waals surface area contributed by atoms with E-state index in [1.807, 2.05) is 0 Å². The van der Waals surface area contributed by atoms with Crippen molar-refractivity contribution in [3.8, 4) is 0 Å². The van der Waals surface area contributed by atoms with E-state index < -0.39 is 11.6 Å². The molecule has 0 spiro atoms. The highest BCUT2D eigenvalue weighted by Crippen LogP contribution is 2.21. The van der Waals surface area contributed by atoms with Crippen molar-refractivity contribution in [2.75, 3.05) is 0 Å². The number of rotatable bonds is 4. The van der Waals surface area contributed by atoms with E-state index in [0.29, 0.717) is 11.1 Å². The maximum Gasteiger partial charge on any atom is 0.240 e. The fourth-order valence-electron chi connectivity index (χ4n) is 2.05. The molecule has 1 heterocycles. The van der Waals surface area contributed by atoms with Crippen molar-refractivity contribution < 1.29 is 13.2 Å². The molecule has 0 saturated carbocycles. The Morgan fingerprint density at radius 2 is 1.83 bits per heavy atom. The largest absolute Gasteiger partial charge is 0.421 e. The van der Waals surface area contributed by atoms with Gasteiger partial charge in [-0.15, -0.1) is 10.2 Å². The van der Waals surface area contributed by atoms with Gasteiger partial charge < -0.3 is 4.42 Å². The highest BCUT2D eigenvalue weighted by Gasteiger charge is 2.11. The zero-order valence-electron chi connectivity index (χ0n) is 12.1. The zero-order valence-corrected chi connectivity index (χ0v) is 13.7. The smallest absolute Gasteiger partial charge is 0.240 e. The van der Waals surface area contributed by atoms with Crippen LogP contribution in [-0.4, -0.2) is 10.2 Å². The number of benzene rings is 2. The van der Waals surface area contributed by atoms with E-state index in [4.69, 9.17) is 27.6 Å². The molecular weight excluding hydrogens is 357 g/mol. The molecule has 0 amide bonds. The van der Waals surface area contributed by atoms with E-state index in [0.717, 1.165) is 0 Å². The van der Waals surface area contributed by atoms with Gasteiger partial charge in [0.05, 0.1) is 16.5 Å². The number of halogens is 4. The SMILES string of the molecule is Fc1ccc(/C=C/c2nnc(Cc3cccc(Cl)c3F)o2)c(Cl)c1. The first-order valence-electron chi connectivity index (χ1n) is 6.91. The van der Waals surface area contributed by atoms with E-state index in [1.165, 1.54) is 24.3 Å². The molecule has 0 bridgehead atoms. The van der Waals surface area contributed by atoms with Crippen LogP contribution in [0.4, 0.5) is 8.78 Å². The van der Waals surface area contributed by atoms with Crippen molar-refractivity contribution in [1.82, 2.24) is 10.2 Å². The van der Waals surface area contributed by atoms with Crippen molar-refractivity contribution in [2.45, 2.75) is 6.42 Å². The Hall–Kier alpha value is -2.24. The molecular formula is C17H10Cl2F2N2O. The number of hydrogen-bond donors (Lipinski definition) is 0. The van der Waals surface area contributed by atoms with Gasteiger partial charge in [-0.2, -0.15) is 0 Å². The predicted molar refractivity (Wildman–Crippen MR) is 88.9 cm³/mol. The molecule has 0 fully saturated rings. The fraction of sp³-hybridized carbons (Fsp3) is 0.0588. The molecule has 0 aliphatic rings. The highest BCUT2D eigenvalue weighted by atomic mass is 35.5. The van der Waals surface area contributed by atoms with E-state index in [1.54, 1.807) is 24.3 Å². The topological polar surface area (TPSA) is 38.9 Å². The standard InChI is InChI=1S/C17H10Cl2F2N2O/c18-13-3-1-2-11(17(13)21)8-16-23-22-15(24-16)7-5-10-4-6-12(20)9-14(10)19/h1-7,9H,8H2/b7-5+. The molecule has 0 atom stereocenters. The summed E-state index contributed by atoms with van der Waals surface area (Å²) < 4.78 is 32.3. The third kappa shape index (κ3) is 3.80. The fourth-order valence-corrected chi connectivity index (χ4v) is 2.48. The van der Waals surface area contributed by atoms with Gasteiger partial charge in [-0.3, -0.25) is 0 Å². The van der Waals surface area contributed by atoms with Gasteiger partial charge in [-0.1, -0.05) is 41.4 Å². The van der Waals surface area contributed by atoms with Crippen LogP contribution in [0.25, 0.3) is 12.2 Å². The lowest BCUT2D eigenvalue weighted by molar-refractivity contribution is 0.491. The minimum Gasteiger partial charge on any atom is -0.421 e. The summed E-state index contributed by atoms with van der Waals surface area (Å²) >= 11 is 11.7. The first-order valence-corrected chi connectivity index (χ1v) is 7.67. The molecule has 1 aromatic heterocycles. The predicted octanol–water partition coefficient (Wildman–Crippen LogP) is 5.42. The second-order valence-corrected chi connectivity index (χ2v) is 5.74. The third-order valence-corrected chi connectivity index (χ3v) is 3.84. The van der Waals surface area contributed by atoms with Crippen LogP contribution in [0.3, 0.4) is 0 Å². The summed E-state index contributed by atoms with van der Waals surface area (Å²) in [4.78, 5) is 0. The molecule has 24 heavy (non-hydrogen) atoms. The van der Waals surface area contributed by atoms with Crippen LogP contribution in [0.1, 0.15) is 22.9 Å². The zero-order chi connectivity index (χ0) is 17.1. The van der Waals surface area contributed by atoms with Gasteiger partial charge >= 0.3 is 0 Å². The molecule has 7 heteroatoms. The van der Waals surface area contributed by atoms with E-state index in [9.17, 15) is 8.78 Å². The molecule has 0 aliphatic carbocycles. The van der Waals surface area contributed by atoms with Crippen LogP contribution in [0, 0.1) is 11.6 Å². The van der Waals surface area contributed by atoms with Gasteiger partial charge in [0, 0.05) is 6.08 Å². The molecule has 122 valence electrons. The summed E-state index contributed by atoms with van der Waals surface area (Å²) in [6.45, 7) is 0. The van der Waals surface area contributed by atoms with E-state index in [-0.39, 0.29) is 28.2 Å². The average Bonchev–Trinajstić information content (AvgIpc) is 2.99. The van der Waals surface area contributed by atoms with Gasteiger partial charge in [-0.05, 0) is 35.4 Å². The lowest BCUT2D eigenvalue weighted by Gasteiger charge is -2.00. The minimum atomic E-state index is -0.507. The van der Waals surface area contributed by atoms with Crippen molar-refractivity contribution in [3.63, 3.8) is 0 Å². The Balaban J connectivity index is 1.76. The second-order valence-electron chi connectivity index (χ2n) is 4.92. The second kappa shape index (κ2) is 7.11. The van der Waals surface area contributed by atoms with E-state index in [2.05, 4.69) is 10.2 Å². The first kappa shape index (κ1) is 16.6. The third-order valence-electron chi connectivity index (χ3n) is 3.22. The summed E-state index contributed by atoms with van der Waals surface area (Å²) in [5, 5.41) is 8.02. The summed E-state index contributed by atoms with van der Waals surface area (Å²) in [7, 11) is 0. The quantitative estimate of drug-likeness (QED) is 0.619. The molecule has 0 aliphatic heterocycles. The van der Waals surface area contributed by atoms with Crippen molar-refractivity contribution >= 4 is 35.4 Å². The molecule has 0 saturated heterocycles. The Kier molecular flexibility index (Phi) is 4.92. The van der Waals surface area contributed by atoms with Crippen LogP contribution in [-0.2, 0) is 6.42 Å². The lowest BCUT2D eigenvalue weighted by Crippen LogP contribution is -1.93. The van der Waals surface area contributed by atoms with Crippen LogP contribution >= 0.6 is 23.2 Å². The Bertz CT molecular complexity index is 909. The molecule has 3 nitrogen and oxygen atoms in total. The van der Waals surface area contributed by atoms with Gasteiger partial charge in [0.25, 0.3) is 0 Å². The lowest BCUT2D eigenvalue weighted by atomic mass is 10.1. The number of aromatic nitrogens is 2.